The third kappa shape index (κ3) is 14.7. The number of benzene rings is 1. The van der Waals surface area contributed by atoms with E-state index in [0.717, 1.165) is 11.6 Å². The van der Waals surface area contributed by atoms with E-state index in [0.29, 0.717) is 50.5 Å². The third-order valence-electron chi connectivity index (χ3n) is 26.9. The number of ether oxygens (including phenoxy) is 16. The summed E-state index contributed by atoms with van der Waals surface area (Å²) in [4.78, 5) is 44.3. The highest BCUT2D eigenvalue weighted by Crippen LogP contribution is 2.76. The van der Waals surface area contributed by atoms with Crippen molar-refractivity contribution < 1.29 is 172 Å². The third-order valence-corrected chi connectivity index (χ3v) is 26.9. The van der Waals surface area contributed by atoms with Crippen LogP contribution in [-0.2, 0) is 76.0 Å². The van der Waals surface area contributed by atoms with E-state index < -0.39 is 261 Å². The van der Waals surface area contributed by atoms with E-state index in [4.69, 9.17) is 75.8 Å². The van der Waals surface area contributed by atoms with Gasteiger partial charge in [-0.3, -0.25) is 9.59 Å². The fourth-order valence-corrected chi connectivity index (χ4v) is 20.3. The van der Waals surface area contributed by atoms with Gasteiger partial charge in [-0.2, -0.15) is 0 Å². The van der Waals surface area contributed by atoms with E-state index in [1.807, 2.05) is 6.92 Å². The summed E-state index contributed by atoms with van der Waals surface area (Å²) < 4.78 is 95.8. The highest BCUT2D eigenvalue weighted by atomic mass is 16.8. The predicted octanol–water partition coefficient (Wildman–Crippen LogP) is -2.09. The van der Waals surface area contributed by atoms with Crippen LogP contribution in [0.1, 0.15) is 119 Å². The van der Waals surface area contributed by atoms with Crippen molar-refractivity contribution in [3.05, 3.63) is 35.4 Å². The molecule has 110 heavy (non-hydrogen) atoms. The lowest BCUT2D eigenvalue weighted by molar-refractivity contribution is -0.388. The lowest BCUT2D eigenvalue weighted by Gasteiger charge is -2.71. The number of aliphatic carboxylic acids is 1. The quantitative estimate of drug-likeness (QED) is 0.0272. The number of carboxylic acids is 1. The Balaban J connectivity index is 0.850. The molecule has 0 spiro atoms. The van der Waals surface area contributed by atoms with E-state index >= 15 is 4.79 Å². The predicted molar refractivity (Wildman–Crippen MR) is 370 cm³/mol. The number of rotatable bonds is 21. The summed E-state index contributed by atoms with van der Waals surface area (Å²) in [6.45, 7) is 11.5. The van der Waals surface area contributed by atoms with Crippen molar-refractivity contribution in [2.45, 2.75) is 285 Å². The van der Waals surface area contributed by atoms with Crippen LogP contribution >= 0.6 is 0 Å². The fourth-order valence-electron chi connectivity index (χ4n) is 20.3. The Morgan fingerprint density at radius 3 is 1.79 bits per heavy atom. The van der Waals surface area contributed by atoms with Crippen LogP contribution in [0.3, 0.4) is 0 Å². The molecular formula is C75H112O35. The van der Waals surface area contributed by atoms with Gasteiger partial charge in [-0.1, -0.05) is 46.3 Å². The highest BCUT2D eigenvalue weighted by molar-refractivity contribution is 5.87. The van der Waals surface area contributed by atoms with Crippen LogP contribution in [0.25, 0.3) is 6.08 Å². The maximum atomic E-state index is 16.2. The lowest BCUT2D eigenvalue weighted by atomic mass is 9.33. The van der Waals surface area contributed by atoms with Crippen molar-refractivity contribution >= 4 is 24.0 Å². The van der Waals surface area contributed by atoms with Crippen LogP contribution in [0.2, 0.25) is 0 Å². The second-order valence-electron chi connectivity index (χ2n) is 33.8. The Kier molecular flexibility index (Phi) is 24.8. The maximum Gasteiger partial charge on any atom is 0.331 e. The van der Waals surface area contributed by atoms with Crippen LogP contribution in [0.4, 0.5) is 0 Å². The normalized spacial score (nSPS) is 48.7. The molecule has 35 heteroatoms. The van der Waals surface area contributed by atoms with E-state index in [1.165, 1.54) is 48.2 Å². The molecule has 6 heterocycles. The largest absolute Gasteiger partial charge is 0.493 e. The average Bonchev–Trinajstić information content (AvgIpc) is 0.745. The molecule has 6 saturated heterocycles. The minimum Gasteiger partial charge on any atom is -0.493 e. The fraction of sp³-hybridized carbons (Fsp3) is 0.827. The van der Waals surface area contributed by atoms with Gasteiger partial charge in [-0.05, 0) is 142 Å². The molecule has 11 aliphatic rings. The Hall–Kier alpha value is -4.53. The monoisotopic (exact) mass is 1570 g/mol. The first-order valence-corrected chi connectivity index (χ1v) is 37.8. The summed E-state index contributed by atoms with van der Waals surface area (Å²) in [5, 5.41) is 179. The van der Waals surface area contributed by atoms with E-state index in [2.05, 4.69) is 33.8 Å². The van der Waals surface area contributed by atoms with Gasteiger partial charge in [-0.15, -0.1) is 0 Å². The van der Waals surface area contributed by atoms with Crippen molar-refractivity contribution in [3.63, 3.8) is 0 Å². The van der Waals surface area contributed by atoms with Gasteiger partial charge >= 0.3 is 17.9 Å². The highest BCUT2D eigenvalue weighted by Gasteiger charge is 2.73. The lowest BCUT2D eigenvalue weighted by Crippen LogP contribution is -2.70. The second-order valence-corrected chi connectivity index (χ2v) is 33.8. The molecule has 622 valence electrons. The number of allylic oxidation sites excluding steroid dienone is 2. The number of carbonyl (C=O) groups excluding carboxylic acids is 2. The van der Waals surface area contributed by atoms with Crippen molar-refractivity contribution in [1.29, 1.82) is 0 Å². The summed E-state index contributed by atoms with van der Waals surface area (Å²) in [5.74, 6) is -3.63. The number of fused-ring (bicyclic) bond motifs is 7. The molecule has 0 aromatic heterocycles. The molecule has 10 fully saturated rings. The molecule has 6 aliphatic heterocycles. The number of hydrogen-bond acceptors (Lipinski definition) is 34. The molecular weight excluding hydrogens is 1460 g/mol. The number of esters is 2. The zero-order chi connectivity index (χ0) is 80.2. The molecule has 35 nitrogen and oxygen atoms in total. The minimum atomic E-state index is -2.29. The van der Waals surface area contributed by atoms with Crippen LogP contribution in [-0.4, -0.2) is 326 Å². The molecule has 5 aliphatic carbocycles. The zero-order valence-corrected chi connectivity index (χ0v) is 63.5. The van der Waals surface area contributed by atoms with Crippen molar-refractivity contribution in [2.24, 2.45) is 50.2 Å². The first kappa shape index (κ1) is 84.9. The molecule has 0 bridgehead atoms. The van der Waals surface area contributed by atoms with E-state index in [9.17, 15) is 91.3 Å². The van der Waals surface area contributed by atoms with Crippen LogP contribution in [0.15, 0.2) is 29.9 Å². The summed E-state index contributed by atoms with van der Waals surface area (Å²) >= 11 is 0. The van der Waals surface area contributed by atoms with Gasteiger partial charge < -0.3 is 157 Å². The van der Waals surface area contributed by atoms with Gasteiger partial charge in [0.25, 0.3) is 0 Å². The number of aliphatic hydroxyl groups is 15. The molecule has 36 unspecified atom stereocenters. The van der Waals surface area contributed by atoms with Crippen LogP contribution in [0.5, 0.6) is 17.2 Å². The zero-order valence-electron chi connectivity index (χ0n) is 63.5. The second kappa shape index (κ2) is 32.2. The maximum absolute atomic E-state index is 16.2. The first-order chi connectivity index (χ1) is 51.7. The Morgan fingerprint density at radius 2 is 1.15 bits per heavy atom. The molecule has 1 aromatic carbocycles. The molecule has 0 amide bonds. The topological polar surface area (TPSA) is 523 Å². The number of carbonyl (C=O) groups is 3. The standard InChI is InChI=1S/C75H112O35/c1-31-53(104-44(81)15-12-33-22-39(95-9)56(97-11)40(23-33)96-10)50(87)58(108-64-52(89)57(107-66-59(90)75(94,29-77)30-100-66)54(32(2)101-64)105-62-51(88)55(38(80)28-99-62)106-61-48(85)45(82)37(79)27-98-61)65(102-31)110-68(93)74-20-18-69(3,4)24-35(74)34-13-14-42-70(5)25-36(78)60(109-63-49(86)47(84)46(83)41(26-76)103-63)73(8,67(91)92)43(70)16-17-72(42,7)71(34,6)19-21-74/h12-13,15,22-23,31-32,35-38,41-43,45-55,57-66,76-80,82-90,94H,14,16-21,24-30H2,1-11H3,(H,91,92). The summed E-state index contributed by atoms with van der Waals surface area (Å²) in [6, 6.07) is 3.13. The van der Waals surface area contributed by atoms with E-state index in [1.54, 1.807) is 12.1 Å². The van der Waals surface area contributed by atoms with Crippen LogP contribution in [0, 0.1) is 50.2 Å². The SMILES string of the molecule is COc1cc(C=CC(=O)OC2C(C)OC(OC(=O)C34CCC(C)(C)CC3C3=CCC5C6(C)CC(O)C(OC7OC(CO)C(O)C(O)C7O)C(C)(C(=O)O)C6CCC5(C)C3(C)CC4)C(OC3OC(C)C(OC4OCC(O)C(OC5OCC(O)C(O)C5O)C4O)C(OC4OCC(O)(CO)C4O)C3O)C2O)cc(OC)c1OC. The van der Waals surface area contributed by atoms with E-state index in [-0.39, 0.29) is 41.4 Å². The summed E-state index contributed by atoms with van der Waals surface area (Å²) in [6.07, 6.45) is -39.2. The summed E-state index contributed by atoms with van der Waals surface area (Å²) in [5.41, 5.74) is -6.51. The van der Waals surface area contributed by atoms with Gasteiger partial charge in [0.15, 0.2) is 55.2 Å². The summed E-state index contributed by atoms with van der Waals surface area (Å²) in [7, 11) is 4.24. The molecule has 12 rings (SSSR count). The molecule has 4 saturated carbocycles. The first-order valence-electron chi connectivity index (χ1n) is 37.8. The van der Waals surface area contributed by atoms with Crippen molar-refractivity contribution in [3.8, 4) is 17.2 Å². The number of hydrogen-bond donors (Lipinski definition) is 16. The van der Waals surface area contributed by atoms with Crippen LogP contribution < -0.4 is 14.2 Å². The van der Waals surface area contributed by atoms with Gasteiger partial charge in [0.05, 0.1) is 83.5 Å². The van der Waals surface area contributed by atoms with Gasteiger partial charge in [-0.25, -0.2) is 4.79 Å². The Bertz CT molecular complexity index is 3460. The number of methoxy groups -OCH3 is 3. The van der Waals surface area contributed by atoms with Gasteiger partial charge in [0.2, 0.25) is 12.0 Å². The number of carboxylic acid groups (broad SMARTS) is 1. The molecule has 0 radical (unpaired) electrons. The van der Waals surface area contributed by atoms with Crippen molar-refractivity contribution in [1.82, 2.24) is 0 Å². The minimum absolute atomic E-state index is 0.0550. The number of aliphatic hydroxyl groups excluding tert-OH is 14. The molecule has 1 aromatic rings. The van der Waals surface area contributed by atoms with Crippen molar-refractivity contribution in [2.75, 3.05) is 54.4 Å². The van der Waals surface area contributed by atoms with Gasteiger partial charge in [0.1, 0.15) is 103 Å². The Morgan fingerprint density at radius 1 is 0.564 bits per heavy atom. The molecule has 16 N–H and O–H groups in total. The smallest absolute Gasteiger partial charge is 0.331 e. The average molecular weight is 1570 g/mol. The molecule has 36 atom stereocenters. The Labute approximate surface area is 635 Å². The van der Waals surface area contributed by atoms with Gasteiger partial charge in [0, 0.05) is 6.08 Å².